The highest BCUT2D eigenvalue weighted by atomic mass is 16.5. The number of aliphatic hydroxyl groups is 2. The first-order chi connectivity index (χ1) is 8.06. The molecule has 0 bridgehead atoms. The minimum atomic E-state index is -1.06. The van der Waals surface area contributed by atoms with Gasteiger partial charge in [0.05, 0.1) is 37.6 Å². The van der Waals surface area contributed by atoms with Crippen molar-refractivity contribution in [2.45, 2.75) is 12.5 Å². The fourth-order valence-corrected chi connectivity index (χ4v) is 1.20. The summed E-state index contributed by atoms with van der Waals surface area (Å²) in [5, 5.41) is 20.7. The Balaban J connectivity index is 2.90. The zero-order valence-electron chi connectivity index (χ0n) is 9.80. The molecule has 0 spiro atoms. The number of aromatic nitrogens is 1. The first-order valence-electron chi connectivity index (χ1n) is 5.08. The molecule has 0 aliphatic heterocycles. The molecule has 94 valence electrons. The van der Waals surface area contributed by atoms with Crippen LogP contribution in [-0.2, 0) is 0 Å². The lowest BCUT2D eigenvalue weighted by molar-refractivity contribution is 0.0721. The SMILES string of the molecule is COc1cnccc1C(=O)NC(C)(CO)CO. The van der Waals surface area contributed by atoms with E-state index in [4.69, 9.17) is 14.9 Å². The largest absolute Gasteiger partial charge is 0.494 e. The maximum Gasteiger partial charge on any atom is 0.255 e. The Morgan fingerprint density at radius 1 is 1.53 bits per heavy atom. The Hall–Kier alpha value is -1.66. The Morgan fingerprint density at radius 2 is 2.18 bits per heavy atom. The van der Waals surface area contributed by atoms with Crippen molar-refractivity contribution in [3.05, 3.63) is 24.0 Å². The average Bonchev–Trinajstić information content (AvgIpc) is 2.38. The molecule has 0 saturated carbocycles. The number of amides is 1. The molecule has 1 aromatic rings. The number of ether oxygens (including phenoxy) is 1. The van der Waals surface area contributed by atoms with Gasteiger partial charge in [0.1, 0.15) is 5.75 Å². The minimum absolute atomic E-state index is 0.302. The third kappa shape index (κ3) is 3.15. The number of nitrogens with zero attached hydrogens (tertiary/aromatic N) is 1. The number of methoxy groups -OCH3 is 1. The van der Waals surface area contributed by atoms with Crippen LogP contribution in [0.15, 0.2) is 18.5 Å². The van der Waals surface area contributed by atoms with E-state index in [0.717, 1.165) is 0 Å². The first kappa shape index (κ1) is 13.4. The van der Waals surface area contributed by atoms with E-state index in [-0.39, 0.29) is 13.2 Å². The van der Waals surface area contributed by atoms with Crippen molar-refractivity contribution in [3.63, 3.8) is 0 Å². The van der Waals surface area contributed by atoms with Crippen LogP contribution in [0, 0.1) is 0 Å². The van der Waals surface area contributed by atoms with Crippen molar-refractivity contribution in [1.82, 2.24) is 10.3 Å². The van der Waals surface area contributed by atoms with Crippen LogP contribution >= 0.6 is 0 Å². The average molecular weight is 240 g/mol. The summed E-state index contributed by atoms with van der Waals surface area (Å²) in [6.07, 6.45) is 2.89. The highest BCUT2D eigenvalue weighted by Gasteiger charge is 2.26. The predicted molar refractivity (Wildman–Crippen MR) is 60.8 cm³/mol. The van der Waals surface area contributed by atoms with Crippen LogP contribution in [0.25, 0.3) is 0 Å². The number of hydrogen-bond acceptors (Lipinski definition) is 5. The molecular formula is C11H16N2O4. The van der Waals surface area contributed by atoms with Crippen LogP contribution in [0.5, 0.6) is 5.75 Å². The Bertz CT molecular complexity index is 391. The lowest BCUT2D eigenvalue weighted by Crippen LogP contribution is -2.51. The number of aliphatic hydroxyl groups excluding tert-OH is 2. The summed E-state index contributed by atoms with van der Waals surface area (Å²) >= 11 is 0. The highest BCUT2D eigenvalue weighted by Crippen LogP contribution is 2.16. The van der Waals surface area contributed by atoms with E-state index in [2.05, 4.69) is 10.3 Å². The number of carbonyl (C=O) groups excluding carboxylic acids is 1. The summed E-state index contributed by atoms with van der Waals surface area (Å²) < 4.78 is 5.00. The highest BCUT2D eigenvalue weighted by molar-refractivity contribution is 5.97. The van der Waals surface area contributed by atoms with Gasteiger partial charge in [-0.3, -0.25) is 9.78 Å². The normalized spacial score (nSPS) is 11.1. The van der Waals surface area contributed by atoms with Crippen LogP contribution in [0.3, 0.4) is 0 Å². The molecule has 3 N–H and O–H groups in total. The molecule has 6 heteroatoms. The third-order valence-corrected chi connectivity index (χ3v) is 2.36. The minimum Gasteiger partial charge on any atom is -0.494 e. The van der Waals surface area contributed by atoms with E-state index in [1.165, 1.54) is 25.6 Å². The van der Waals surface area contributed by atoms with E-state index < -0.39 is 11.4 Å². The predicted octanol–water partition coefficient (Wildman–Crippen LogP) is -0.437. The summed E-state index contributed by atoms with van der Waals surface area (Å²) in [5.74, 6) is -0.0990. The molecular weight excluding hydrogens is 224 g/mol. The molecule has 0 saturated heterocycles. The molecule has 6 nitrogen and oxygen atoms in total. The zero-order valence-corrected chi connectivity index (χ0v) is 9.80. The molecule has 1 amide bonds. The summed E-state index contributed by atoms with van der Waals surface area (Å²) in [7, 11) is 1.44. The number of pyridine rings is 1. The van der Waals surface area contributed by atoms with Gasteiger partial charge < -0.3 is 20.3 Å². The van der Waals surface area contributed by atoms with E-state index >= 15 is 0 Å². The Labute approximate surface area is 99.3 Å². The van der Waals surface area contributed by atoms with Crippen molar-refractivity contribution in [3.8, 4) is 5.75 Å². The van der Waals surface area contributed by atoms with Crippen LogP contribution in [0.2, 0.25) is 0 Å². The molecule has 1 rings (SSSR count). The van der Waals surface area contributed by atoms with Crippen molar-refractivity contribution >= 4 is 5.91 Å². The Kier molecular flexibility index (Phi) is 4.42. The van der Waals surface area contributed by atoms with Gasteiger partial charge in [-0.1, -0.05) is 0 Å². The molecule has 1 aromatic heterocycles. The number of carbonyl (C=O) groups is 1. The van der Waals surface area contributed by atoms with Crippen LogP contribution in [0.4, 0.5) is 0 Å². The van der Waals surface area contributed by atoms with Crippen molar-refractivity contribution < 1.29 is 19.7 Å². The van der Waals surface area contributed by atoms with Crippen LogP contribution in [0.1, 0.15) is 17.3 Å². The summed E-state index contributed by atoms with van der Waals surface area (Å²) in [6, 6.07) is 1.50. The quantitative estimate of drug-likeness (QED) is 0.649. The molecule has 0 aliphatic rings. The topological polar surface area (TPSA) is 91.7 Å². The van der Waals surface area contributed by atoms with Gasteiger partial charge in [-0.05, 0) is 13.0 Å². The lowest BCUT2D eigenvalue weighted by atomic mass is 10.0. The third-order valence-electron chi connectivity index (χ3n) is 2.36. The summed E-state index contributed by atoms with van der Waals surface area (Å²) in [4.78, 5) is 15.7. The van der Waals surface area contributed by atoms with Crippen LogP contribution < -0.4 is 10.1 Å². The second-order valence-electron chi connectivity index (χ2n) is 3.91. The molecule has 0 aromatic carbocycles. The van der Waals surface area contributed by atoms with Gasteiger partial charge in [0.15, 0.2) is 0 Å². The Morgan fingerprint density at radius 3 is 2.71 bits per heavy atom. The number of rotatable bonds is 5. The van der Waals surface area contributed by atoms with Crippen molar-refractivity contribution in [1.29, 1.82) is 0 Å². The lowest BCUT2D eigenvalue weighted by Gasteiger charge is -2.26. The fourth-order valence-electron chi connectivity index (χ4n) is 1.20. The standard InChI is InChI=1S/C11H16N2O4/c1-11(6-14,7-15)13-10(16)8-3-4-12-5-9(8)17-2/h3-5,14-15H,6-7H2,1-2H3,(H,13,16). The van der Waals surface area contributed by atoms with Crippen molar-refractivity contribution in [2.75, 3.05) is 20.3 Å². The van der Waals surface area contributed by atoms with Gasteiger partial charge in [-0.2, -0.15) is 0 Å². The molecule has 0 radical (unpaired) electrons. The maximum absolute atomic E-state index is 11.9. The molecule has 1 heterocycles. The van der Waals surface area contributed by atoms with Crippen LogP contribution in [-0.4, -0.2) is 47.0 Å². The molecule has 0 unspecified atom stereocenters. The zero-order chi connectivity index (χ0) is 12.9. The molecule has 17 heavy (non-hydrogen) atoms. The van der Waals surface area contributed by atoms with E-state index in [1.807, 2.05) is 0 Å². The van der Waals surface area contributed by atoms with Gasteiger partial charge in [0, 0.05) is 6.20 Å². The van der Waals surface area contributed by atoms with E-state index in [0.29, 0.717) is 11.3 Å². The summed E-state index contributed by atoms with van der Waals surface area (Å²) in [5.41, 5.74) is -0.763. The monoisotopic (exact) mass is 240 g/mol. The number of nitrogens with one attached hydrogen (secondary N) is 1. The van der Waals surface area contributed by atoms with Gasteiger partial charge in [0.2, 0.25) is 0 Å². The van der Waals surface area contributed by atoms with Crippen molar-refractivity contribution in [2.24, 2.45) is 0 Å². The number of hydrogen-bond donors (Lipinski definition) is 3. The van der Waals surface area contributed by atoms with Gasteiger partial charge in [0.25, 0.3) is 5.91 Å². The van der Waals surface area contributed by atoms with E-state index in [9.17, 15) is 4.79 Å². The molecule has 0 fully saturated rings. The van der Waals surface area contributed by atoms with Gasteiger partial charge in [-0.15, -0.1) is 0 Å². The first-order valence-corrected chi connectivity index (χ1v) is 5.08. The maximum atomic E-state index is 11.9. The molecule has 0 atom stereocenters. The van der Waals surface area contributed by atoms with Gasteiger partial charge >= 0.3 is 0 Å². The second kappa shape index (κ2) is 5.60. The fraction of sp³-hybridized carbons (Fsp3) is 0.455. The second-order valence-corrected chi connectivity index (χ2v) is 3.91. The van der Waals surface area contributed by atoms with E-state index in [1.54, 1.807) is 6.92 Å². The smallest absolute Gasteiger partial charge is 0.255 e. The van der Waals surface area contributed by atoms with Gasteiger partial charge in [-0.25, -0.2) is 0 Å². The molecule has 0 aliphatic carbocycles. The summed E-state index contributed by atoms with van der Waals surface area (Å²) in [6.45, 7) is 0.823.